The summed E-state index contributed by atoms with van der Waals surface area (Å²) < 4.78 is 19.8. The lowest BCUT2D eigenvalue weighted by atomic mass is 10.0. The summed E-state index contributed by atoms with van der Waals surface area (Å²) in [4.78, 5) is 24.5. The summed E-state index contributed by atoms with van der Waals surface area (Å²) in [5.74, 6) is -3.37. The maximum Gasteiger partial charge on any atom is 0.330 e. The molecule has 100 valence electrons. The third-order valence-corrected chi connectivity index (χ3v) is 3.05. The molecule has 2 rings (SSSR count). The average Bonchev–Trinajstić information content (AvgIpc) is 2.55. The second-order valence-electron chi connectivity index (χ2n) is 4.27. The zero-order valence-corrected chi connectivity index (χ0v) is 9.54. The molecule has 18 heavy (non-hydrogen) atoms. The summed E-state index contributed by atoms with van der Waals surface area (Å²) in [7, 11) is 0. The van der Waals surface area contributed by atoms with Gasteiger partial charge in [-0.15, -0.1) is 0 Å². The number of alkyl halides is 1. The SMILES string of the molecule is C[C@@H]1[C@H](n2ccc(=O)[nH]c2=O)O[C@](F)(CO)[C@H]1O. The molecule has 1 aliphatic rings. The number of rotatable bonds is 2. The van der Waals surface area contributed by atoms with Crippen LogP contribution in [0.2, 0.25) is 0 Å². The van der Waals surface area contributed by atoms with Crippen molar-refractivity contribution in [3.05, 3.63) is 33.1 Å². The van der Waals surface area contributed by atoms with Crippen molar-refractivity contribution >= 4 is 0 Å². The molecular formula is C10H13FN2O5. The van der Waals surface area contributed by atoms with Gasteiger partial charge in [-0.1, -0.05) is 6.92 Å². The average molecular weight is 260 g/mol. The largest absolute Gasteiger partial charge is 0.390 e. The third kappa shape index (κ3) is 1.88. The lowest BCUT2D eigenvalue weighted by Gasteiger charge is -2.20. The lowest BCUT2D eigenvalue weighted by molar-refractivity contribution is -0.207. The van der Waals surface area contributed by atoms with Gasteiger partial charge >= 0.3 is 5.69 Å². The predicted octanol–water partition coefficient (Wildman–Crippen LogP) is -1.28. The molecule has 1 fully saturated rings. The first-order chi connectivity index (χ1) is 8.39. The van der Waals surface area contributed by atoms with E-state index in [0.29, 0.717) is 0 Å². The van der Waals surface area contributed by atoms with Crippen molar-refractivity contribution in [1.29, 1.82) is 0 Å². The second kappa shape index (κ2) is 4.30. The summed E-state index contributed by atoms with van der Waals surface area (Å²) >= 11 is 0. The standard InChI is InChI=1S/C10H13FN2O5/c1-5-7(16)10(11,4-14)18-8(5)13-3-2-6(15)12-9(13)17/h2-3,5,7-8,14,16H,4H2,1H3,(H,12,15,17)/t5-,7-,8+,10+/m0/s1. The van der Waals surface area contributed by atoms with Gasteiger partial charge in [0.15, 0.2) is 0 Å². The molecule has 0 unspecified atom stereocenters. The first kappa shape index (κ1) is 12.9. The Morgan fingerprint density at radius 1 is 1.61 bits per heavy atom. The van der Waals surface area contributed by atoms with E-state index in [0.717, 1.165) is 16.8 Å². The number of aromatic amines is 1. The van der Waals surface area contributed by atoms with Gasteiger partial charge in [-0.3, -0.25) is 14.3 Å². The second-order valence-corrected chi connectivity index (χ2v) is 4.27. The van der Waals surface area contributed by atoms with E-state index in [1.165, 1.54) is 6.92 Å². The lowest BCUT2D eigenvalue weighted by Crippen LogP contribution is -2.39. The van der Waals surface area contributed by atoms with Crippen molar-refractivity contribution < 1.29 is 19.3 Å². The number of H-pyrrole nitrogens is 1. The number of ether oxygens (including phenoxy) is 1. The number of aliphatic hydroxyl groups excluding tert-OH is 2. The van der Waals surface area contributed by atoms with Crippen LogP contribution in [0, 0.1) is 5.92 Å². The fraction of sp³-hybridized carbons (Fsp3) is 0.600. The fourth-order valence-electron chi connectivity index (χ4n) is 1.99. The molecule has 0 aliphatic carbocycles. The van der Waals surface area contributed by atoms with E-state index >= 15 is 0 Å². The van der Waals surface area contributed by atoms with Crippen LogP contribution in [0.4, 0.5) is 4.39 Å². The van der Waals surface area contributed by atoms with Crippen LogP contribution in [-0.4, -0.2) is 38.3 Å². The zero-order chi connectivity index (χ0) is 13.5. The summed E-state index contributed by atoms with van der Waals surface area (Å²) in [6.45, 7) is 0.455. The fourth-order valence-corrected chi connectivity index (χ4v) is 1.99. The molecule has 2 heterocycles. The van der Waals surface area contributed by atoms with Crippen LogP contribution in [0.25, 0.3) is 0 Å². The minimum Gasteiger partial charge on any atom is -0.390 e. The Labute approximate surface area is 100 Å². The van der Waals surface area contributed by atoms with Crippen molar-refractivity contribution in [2.45, 2.75) is 25.1 Å². The van der Waals surface area contributed by atoms with Crippen molar-refractivity contribution in [1.82, 2.24) is 9.55 Å². The van der Waals surface area contributed by atoms with E-state index in [1.807, 2.05) is 4.98 Å². The van der Waals surface area contributed by atoms with E-state index in [9.17, 15) is 19.1 Å². The van der Waals surface area contributed by atoms with Gasteiger partial charge in [0.1, 0.15) is 18.9 Å². The molecule has 3 N–H and O–H groups in total. The van der Waals surface area contributed by atoms with Crippen LogP contribution in [0.15, 0.2) is 21.9 Å². The number of hydrogen-bond donors (Lipinski definition) is 3. The molecule has 7 nitrogen and oxygen atoms in total. The summed E-state index contributed by atoms with van der Waals surface area (Å²) in [5, 5.41) is 18.5. The van der Waals surface area contributed by atoms with Gasteiger partial charge in [-0.05, 0) is 0 Å². The molecule has 1 aliphatic heterocycles. The van der Waals surface area contributed by atoms with Gasteiger partial charge < -0.3 is 14.9 Å². The summed E-state index contributed by atoms with van der Waals surface area (Å²) in [6.07, 6.45) is -1.51. The van der Waals surface area contributed by atoms with E-state index in [1.54, 1.807) is 0 Å². The van der Waals surface area contributed by atoms with Crippen LogP contribution in [0.3, 0.4) is 0 Å². The van der Waals surface area contributed by atoms with Gasteiger partial charge in [0, 0.05) is 18.2 Å². The Bertz CT molecular complexity index is 556. The van der Waals surface area contributed by atoms with Crippen molar-refractivity contribution in [2.75, 3.05) is 6.61 Å². The Kier molecular flexibility index (Phi) is 3.09. The monoisotopic (exact) mass is 260 g/mol. The zero-order valence-electron chi connectivity index (χ0n) is 9.54. The maximum absolute atomic E-state index is 13.9. The molecule has 0 spiro atoms. The van der Waals surface area contributed by atoms with Crippen LogP contribution in [0.1, 0.15) is 13.2 Å². The van der Waals surface area contributed by atoms with E-state index in [4.69, 9.17) is 9.84 Å². The summed E-state index contributed by atoms with van der Waals surface area (Å²) in [6, 6.07) is 1.08. The van der Waals surface area contributed by atoms with Crippen LogP contribution >= 0.6 is 0 Å². The molecule has 8 heteroatoms. The number of halogens is 1. The predicted molar refractivity (Wildman–Crippen MR) is 57.5 cm³/mol. The van der Waals surface area contributed by atoms with E-state index in [2.05, 4.69) is 0 Å². The third-order valence-electron chi connectivity index (χ3n) is 3.05. The number of aliphatic hydroxyl groups is 2. The van der Waals surface area contributed by atoms with Gasteiger partial charge in [0.25, 0.3) is 11.4 Å². The van der Waals surface area contributed by atoms with Crippen LogP contribution < -0.4 is 11.2 Å². The minimum absolute atomic E-state index is 0.587. The number of aromatic nitrogens is 2. The van der Waals surface area contributed by atoms with Gasteiger partial charge in [0.2, 0.25) is 0 Å². The first-order valence-corrected chi connectivity index (χ1v) is 5.36. The Hall–Kier alpha value is -1.51. The smallest absolute Gasteiger partial charge is 0.330 e. The van der Waals surface area contributed by atoms with Crippen molar-refractivity contribution in [3.63, 3.8) is 0 Å². The van der Waals surface area contributed by atoms with E-state index in [-0.39, 0.29) is 0 Å². The maximum atomic E-state index is 13.9. The van der Waals surface area contributed by atoms with Gasteiger partial charge in [-0.2, -0.15) is 0 Å². The molecule has 4 atom stereocenters. The highest BCUT2D eigenvalue weighted by molar-refractivity contribution is 4.94. The molecule has 1 aromatic rings. The molecule has 0 saturated carbocycles. The van der Waals surface area contributed by atoms with Crippen LogP contribution in [0.5, 0.6) is 0 Å². The summed E-state index contributed by atoms with van der Waals surface area (Å²) in [5.41, 5.74) is -1.36. The number of nitrogens with one attached hydrogen (secondary N) is 1. The van der Waals surface area contributed by atoms with E-state index < -0.39 is 42.0 Å². The number of nitrogens with zero attached hydrogens (tertiary/aromatic N) is 1. The Morgan fingerprint density at radius 2 is 2.28 bits per heavy atom. The number of hydrogen-bond acceptors (Lipinski definition) is 5. The highest BCUT2D eigenvalue weighted by atomic mass is 19.2. The molecule has 0 amide bonds. The van der Waals surface area contributed by atoms with Gasteiger partial charge in [0.05, 0.1) is 0 Å². The quantitative estimate of drug-likeness (QED) is 0.614. The highest BCUT2D eigenvalue weighted by Gasteiger charge is 2.54. The first-order valence-electron chi connectivity index (χ1n) is 5.36. The molecule has 1 saturated heterocycles. The van der Waals surface area contributed by atoms with Crippen LogP contribution in [-0.2, 0) is 4.74 Å². The Morgan fingerprint density at radius 3 is 2.78 bits per heavy atom. The molecule has 0 radical (unpaired) electrons. The van der Waals surface area contributed by atoms with Crippen molar-refractivity contribution in [3.8, 4) is 0 Å². The highest BCUT2D eigenvalue weighted by Crippen LogP contribution is 2.41. The molecule has 1 aromatic heterocycles. The van der Waals surface area contributed by atoms with Gasteiger partial charge in [-0.25, -0.2) is 9.18 Å². The Balaban J connectivity index is 2.41. The molecule has 0 bridgehead atoms. The molecule has 0 aromatic carbocycles. The van der Waals surface area contributed by atoms with Crippen molar-refractivity contribution in [2.24, 2.45) is 5.92 Å². The molecular weight excluding hydrogens is 247 g/mol. The topological polar surface area (TPSA) is 105 Å². The minimum atomic E-state index is -2.61. The normalized spacial score (nSPS) is 35.9.